The van der Waals surface area contributed by atoms with Crippen molar-refractivity contribution in [2.75, 3.05) is 37.9 Å². The van der Waals surface area contributed by atoms with E-state index in [2.05, 4.69) is 10.2 Å². The smallest absolute Gasteiger partial charge is 0.244 e. The van der Waals surface area contributed by atoms with E-state index in [-0.39, 0.29) is 11.9 Å². The average Bonchev–Trinajstić information content (AvgIpc) is 2.62. The molecule has 1 aliphatic heterocycles. The number of amides is 1. The van der Waals surface area contributed by atoms with E-state index in [1.54, 1.807) is 4.90 Å². The molecule has 1 aromatic carbocycles. The number of carbonyl (C=O) groups excluding carboxylic acids is 1. The van der Waals surface area contributed by atoms with Crippen molar-refractivity contribution in [3.05, 3.63) is 24.3 Å². The van der Waals surface area contributed by atoms with E-state index in [4.69, 9.17) is 0 Å². The van der Waals surface area contributed by atoms with Gasteiger partial charge >= 0.3 is 0 Å². The van der Waals surface area contributed by atoms with Crippen LogP contribution in [0.4, 0.5) is 11.4 Å². The molecule has 1 amide bonds. The van der Waals surface area contributed by atoms with Gasteiger partial charge in [0.15, 0.2) is 0 Å². The fourth-order valence-electron chi connectivity index (χ4n) is 2.01. The number of hydrogen-bond donors (Lipinski definition) is 1. The fraction of sp³-hybridized carbons (Fsp3) is 0.462. The molecule has 2 rings (SSSR count). The summed E-state index contributed by atoms with van der Waals surface area (Å²) in [4.78, 5) is 15.6. The first-order valence-electron chi connectivity index (χ1n) is 5.87. The van der Waals surface area contributed by atoms with Crippen molar-refractivity contribution in [1.82, 2.24) is 4.90 Å². The molecular weight excluding hydrogens is 214 g/mol. The first-order chi connectivity index (χ1) is 8.08. The van der Waals surface area contributed by atoms with Crippen LogP contribution >= 0.6 is 0 Å². The summed E-state index contributed by atoms with van der Waals surface area (Å²) in [6.07, 6.45) is 0.880. The Bertz CT molecular complexity index is 400. The third kappa shape index (κ3) is 2.52. The number of hydrogen-bond acceptors (Lipinski definition) is 3. The molecule has 1 aliphatic rings. The van der Waals surface area contributed by atoms with E-state index in [0.717, 1.165) is 24.3 Å². The molecule has 92 valence electrons. The maximum Gasteiger partial charge on any atom is 0.244 e. The van der Waals surface area contributed by atoms with Crippen LogP contribution in [0.5, 0.6) is 0 Å². The monoisotopic (exact) mass is 233 g/mol. The number of nitrogens with zero attached hydrogens (tertiary/aromatic N) is 2. The largest absolute Gasteiger partial charge is 0.378 e. The molecule has 0 aliphatic carbocycles. The molecule has 1 N–H and O–H groups in total. The van der Waals surface area contributed by atoms with Crippen molar-refractivity contribution in [3.63, 3.8) is 0 Å². The Morgan fingerprint density at radius 3 is 2.41 bits per heavy atom. The van der Waals surface area contributed by atoms with Gasteiger partial charge in [-0.15, -0.1) is 0 Å². The van der Waals surface area contributed by atoms with Crippen LogP contribution < -0.4 is 10.2 Å². The molecule has 0 spiro atoms. The van der Waals surface area contributed by atoms with Gasteiger partial charge in [-0.05, 0) is 30.7 Å². The molecule has 0 saturated carbocycles. The lowest BCUT2D eigenvalue weighted by molar-refractivity contribution is -0.127. The quantitative estimate of drug-likeness (QED) is 0.857. The van der Waals surface area contributed by atoms with Crippen LogP contribution in [-0.4, -0.2) is 44.5 Å². The standard InChI is InChI=1S/C13H19N3O/c1-15(2)11-6-4-10(5-7-11)14-12-8-9-16(3)13(12)17/h4-7,12,14H,8-9H2,1-3H3. The van der Waals surface area contributed by atoms with Crippen molar-refractivity contribution in [3.8, 4) is 0 Å². The van der Waals surface area contributed by atoms with Gasteiger partial charge in [-0.1, -0.05) is 0 Å². The Morgan fingerprint density at radius 1 is 1.29 bits per heavy atom. The molecular formula is C13H19N3O. The number of nitrogens with one attached hydrogen (secondary N) is 1. The Kier molecular flexibility index (Phi) is 3.22. The summed E-state index contributed by atoms with van der Waals surface area (Å²) in [6, 6.07) is 8.06. The molecule has 4 heteroatoms. The molecule has 0 aromatic heterocycles. The number of carbonyl (C=O) groups is 1. The maximum absolute atomic E-state index is 11.7. The zero-order valence-electron chi connectivity index (χ0n) is 10.6. The van der Waals surface area contributed by atoms with Gasteiger partial charge in [0.2, 0.25) is 5.91 Å². The third-order valence-electron chi connectivity index (χ3n) is 3.15. The van der Waals surface area contributed by atoms with E-state index in [1.165, 1.54) is 0 Å². The Hall–Kier alpha value is -1.71. The Balaban J connectivity index is 2.02. The molecule has 1 heterocycles. The second-order valence-corrected chi connectivity index (χ2v) is 4.69. The van der Waals surface area contributed by atoms with Crippen LogP contribution in [0.25, 0.3) is 0 Å². The minimum atomic E-state index is -0.0646. The molecule has 4 nitrogen and oxygen atoms in total. The maximum atomic E-state index is 11.7. The predicted molar refractivity (Wildman–Crippen MR) is 70.4 cm³/mol. The van der Waals surface area contributed by atoms with Crippen LogP contribution in [-0.2, 0) is 4.79 Å². The van der Waals surface area contributed by atoms with E-state index in [9.17, 15) is 4.79 Å². The molecule has 1 fully saturated rings. The van der Waals surface area contributed by atoms with Crippen LogP contribution in [0.15, 0.2) is 24.3 Å². The molecule has 17 heavy (non-hydrogen) atoms. The highest BCUT2D eigenvalue weighted by Crippen LogP contribution is 2.19. The lowest BCUT2D eigenvalue weighted by atomic mass is 10.2. The summed E-state index contributed by atoms with van der Waals surface area (Å²) < 4.78 is 0. The highest BCUT2D eigenvalue weighted by atomic mass is 16.2. The van der Waals surface area contributed by atoms with Crippen molar-refractivity contribution in [2.45, 2.75) is 12.5 Å². The highest BCUT2D eigenvalue weighted by Gasteiger charge is 2.28. The van der Waals surface area contributed by atoms with Crippen LogP contribution in [0.1, 0.15) is 6.42 Å². The van der Waals surface area contributed by atoms with Gasteiger partial charge in [0.05, 0.1) is 0 Å². The molecule has 1 saturated heterocycles. The molecule has 1 aromatic rings. The van der Waals surface area contributed by atoms with Gasteiger partial charge < -0.3 is 15.1 Å². The van der Waals surface area contributed by atoms with E-state index in [1.807, 2.05) is 45.4 Å². The minimum absolute atomic E-state index is 0.0646. The van der Waals surface area contributed by atoms with E-state index in [0.29, 0.717) is 0 Å². The molecule has 0 radical (unpaired) electrons. The van der Waals surface area contributed by atoms with Crippen LogP contribution in [0, 0.1) is 0 Å². The zero-order valence-corrected chi connectivity index (χ0v) is 10.6. The number of anilines is 2. The molecule has 1 unspecified atom stereocenters. The predicted octanol–water partition coefficient (Wildman–Crippen LogP) is 1.40. The second kappa shape index (κ2) is 4.65. The van der Waals surface area contributed by atoms with Gasteiger partial charge in [-0.2, -0.15) is 0 Å². The average molecular weight is 233 g/mol. The van der Waals surface area contributed by atoms with Gasteiger partial charge in [-0.25, -0.2) is 0 Å². The van der Waals surface area contributed by atoms with Gasteiger partial charge in [0.25, 0.3) is 0 Å². The molecule has 0 bridgehead atoms. The van der Waals surface area contributed by atoms with Crippen molar-refractivity contribution < 1.29 is 4.79 Å². The molecule has 1 atom stereocenters. The second-order valence-electron chi connectivity index (χ2n) is 4.69. The van der Waals surface area contributed by atoms with Crippen LogP contribution in [0.3, 0.4) is 0 Å². The Morgan fingerprint density at radius 2 is 1.94 bits per heavy atom. The number of benzene rings is 1. The topological polar surface area (TPSA) is 35.6 Å². The number of likely N-dealkylation sites (N-methyl/N-ethyl adjacent to an activating group) is 1. The summed E-state index contributed by atoms with van der Waals surface area (Å²) in [5.74, 6) is 0.182. The van der Waals surface area contributed by atoms with Gasteiger partial charge in [-0.3, -0.25) is 4.79 Å². The van der Waals surface area contributed by atoms with Crippen LogP contribution in [0.2, 0.25) is 0 Å². The Labute approximate surface area is 102 Å². The first-order valence-corrected chi connectivity index (χ1v) is 5.87. The van der Waals surface area contributed by atoms with Crippen molar-refractivity contribution in [1.29, 1.82) is 0 Å². The van der Waals surface area contributed by atoms with E-state index >= 15 is 0 Å². The zero-order chi connectivity index (χ0) is 12.4. The van der Waals surface area contributed by atoms with Gasteiger partial charge in [0, 0.05) is 39.1 Å². The number of likely N-dealkylation sites (tertiary alicyclic amines) is 1. The lowest BCUT2D eigenvalue weighted by Gasteiger charge is -2.16. The third-order valence-corrected chi connectivity index (χ3v) is 3.15. The minimum Gasteiger partial charge on any atom is -0.378 e. The van der Waals surface area contributed by atoms with Crippen molar-refractivity contribution >= 4 is 17.3 Å². The van der Waals surface area contributed by atoms with Gasteiger partial charge in [0.1, 0.15) is 6.04 Å². The fourth-order valence-corrected chi connectivity index (χ4v) is 2.01. The summed E-state index contributed by atoms with van der Waals surface area (Å²) >= 11 is 0. The SMILES string of the molecule is CN1CCC(Nc2ccc(N(C)C)cc2)C1=O. The first kappa shape index (κ1) is 11.8. The normalized spacial score (nSPS) is 19.6. The summed E-state index contributed by atoms with van der Waals surface area (Å²) in [5, 5.41) is 3.28. The van der Waals surface area contributed by atoms with Crippen molar-refractivity contribution in [2.24, 2.45) is 0 Å². The summed E-state index contributed by atoms with van der Waals surface area (Å²) in [6.45, 7) is 0.840. The summed E-state index contributed by atoms with van der Waals surface area (Å²) in [5.41, 5.74) is 2.16. The number of rotatable bonds is 3. The lowest BCUT2D eigenvalue weighted by Crippen LogP contribution is -2.30. The highest BCUT2D eigenvalue weighted by molar-refractivity contribution is 5.86. The van der Waals surface area contributed by atoms with E-state index < -0.39 is 0 Å². The summed E-state index contributed by atoms with van der Waals surface area (Å²) in [7, 11) is 5.87.